The molecule has 0 aliphatic rings. The molecule has 1 heterocycles. The van der Waals surface area contributed by atoms with Crippen molar-refractivity contribution in [3.63, 3.8) is 0 Å². The Kier molecular flexibility index (Phi) is 3.13. The average molecular weight is 251 g/mol. The maximum absolute atomic E-state index is 12.2. The van der Waals surface area contributed by atoms with Crippen LogP contribution in [0.2, 0.25) is 5.02 Å². The van der Waals surface area contributed by atoms with Gasteiger partial charge >= 0.3 is 0 Å². The van der Waals surface area contributed by atoms with Crippen LogP contribution in [0.3, 0.4) is 0 Å². The van der Waals surface area contributed by atoms with E-state index in [0.717, 1.165) is 11.1 Å². The van der Waals surface area contributed by atoms with Gasteiger partial charge in [0.25, 0.3) is 0 Å². The van der Waals surface area contributed by atoms with Crippen LogP contribution in [0.5, 0.6) is 0 Å². The van der Waals surface area contributed by atoms with Gasteiger partial charge in [0.05, 0.1) is 9.90 Å². The van der Waals surface area contributed by atoms with Gasteiger partial charge in [-0.2, -0.15) is 0 Å². The first kappa shape index (κ1) is 11.4. The number of carbonyl (C=O) groups is 1. The monoisotopic (exact) mass is 250 g/mol. The van der Waals surface area contributed by atoms with Gasteiger partial charge in [0.2, 0.25) is 5.78 Å². The van der Waals surface area contributed by atoms with E-state index in [-0.39, 0.29) is 5.78 Å². The number of hydrogen-bond donors (Lipinski definition) is 0. The fourth-order valence-corrected chi connectivity index (χ4v) is 2.74. The van der Waals surface area contributed by atoms with E-state index in [1.165, 1.54) is 11.3 Å². The van der Waals surface area contributed by atoms with Crippen LogP contribution in [0.15, 0.2) is 29.6 Å². The molecule has 0 atom stereocenters. The third kappa shape index (κ3) is 2.04. The zero-order valence-corrected chi connectivity index (χ0v) is 10.7. The van der Waals surface area contributed by atoms with Crippen LogP contribution in [0.1, 0.15) is 26.4 Å². The fraction of sp³-hybridized carbons (Fsp3) is 0.154. The summed E-state index contributed by atoms with van der Waals surface area (Å²) in [6.07, 6.45) is 0. The van der Waals surface area contributed by atoms with Gasteiger partial charge in [-0.05, 0) is 30.9 Å². The van der Waals surface area contributed by atoms with E-state index in [2.05, 4.69) is 0 Å². The number of benzene rings is 1. The van der Waals surface area contributed by atoms with E-state index in [0.29, 0.717) is 15.5 Å². The minimum absolute atomic E-state index is 0.00630. The molecule has 1 aromatic heterocycles. The number of hydrogen-bond acceptors (Lipinski definition) is 2. The van der Waals surface area contributed by atoms with Crippen LogP contribution >= 0.6 is 22.9 Å². The highest BCUT2D eigenvalue weighted by Crippen LogP contribution is 2.29. The number of aryl methyl sites for hydroxylation is 2. The predicted octanol–water partition coefficient (Wildman–Crippen LogP) is 4.25. The first-order chi connectivity index (χ1) is 7.59. The molecule has 0 aliphatic carbocycles. The molecule has 0 N–H and O–H groups in total. The Labute approximate surface area is 104 Å². The molecule has 0 spiro atoms. The summed E-state index contributed by atoms with van der Waals surface area (Å²) in [5.41, 5.74) is 2.74. The van der Waals surface area contributed by atoms with Gasteiger partial charge in [0.1, 0.15) is 0 Å². The summed E-state index contributed by atoms with van der Waals surface area (Å²) in [6, 6.07) is 7.56. The number of rotatable bonds is 2. The second kappa shape index (κ2) is 4.40. The van der Waals surface area contributed by atoms with Crippen molar-refractivity contribution in [3.8, 4) is 0 Å². The molecule has 0 aliphatic heterocycles. The summed E-state index contributed by atoms with van der Waals surface area (Å²) in [7, 11) is 0. The third-order valence-corrected chi connectivity index (χ3v) is 4.08. The molecule has 1 aromatic carbocycles. The molecule has 16 heavy (non-hydrogen) atoms. The molecule has 0 saturated heterocycles. The van der Waals surface area contributed by atoms with Crippen molar-refractivity contribution < 1.29 is 4.79 Å². The molecule has 82 valence electrons. The van der Waals surface area contributed by atoms with Gasteiger partial charge in [-0.15, -0.1) is 11.3 Å². The largest absolute Gasteiger partial charge is 0.288 e. The highest BCUT2D eigenvalue weighted by atomic mass is 35.5. The lowest BCUT2D eigenvalue weighted by Gasteiger charge is -2.00. The SMILES string of the molecule is Cc1cccc(C(=O)c2scc(C)c2Cl)c1. The Morgan fingerprint density at radius 1 is 1.31 bits per heavy atom. The molecular weight excluding hydrogens is 240 g/mol. The second-order valence-electron chi connectivity index (χ2n) is 3.76. The van der Waals surface area contributed by atoms with Crippen molar-refractivity contribution in [1.29, 1.82) is 0 Å². The molecular formula is C13H11ClOS. The van der Waals surface area contributed by atoms with Crippen molar-refractivity contribution in [2.24, 2.45) is 0 Å². The van der Waals surface area contributed by atoms with Gasteiger partial charge in [0, 0.05) is 5.56 Å². The van der Waals surface area contributed by atoms with Crippen LogP contribution in [0, 0.1) is 13.8 Å². The lowest BCUT2D eigenvalue weighted by molar-refractivity contribution is 0.104. The zero-order valence-electron chi connectivity index (χ0n) is 9.08. The number of ketones is 1. The Morgan fingerprint density at radius 3 is 2.62 bits per heavy atom. The molecule has 0 saturated carbocycles. The minimum atomic E-state index is 0.00630. The molecule has 0 fully saturated rings. The third-order valence-electron chi connectivity index (χ3n) is 2.39. The van der Waals surface area contributed by atoms with E-state index < -0.39 is 0 Å². The highest BCUT2D eigenvalue weighted by molar-refractivity contribution is 7.13. The fourth-order valence-electron chi connectivity index (χ4n) is 1.50. The molecule has 0 bridgehead atoms. The Bertz CT molecular complexity index is 543. The molecule has 3 heteroatoms. The molecule has 0 radical (unpaired) electrons. The maximum atomic E-state index is 12.2. The van der Waals surface area contributed by atoms with E-state index >= 15 is 0 Å². The smallest absolute Gasteiger partial charge is 0.204 e. The first-order valence-corrected chi connectivity index (χ1v) is 6.20. The standard InChI is InChI=1S/C13H11ClOS/c1-8-4-3-5-10(6-8)12(15)13-11(14)9(2)7-16-13/h3-7H,1-2H3. The van der Waals surface area contributed by atoms with Crippen molar-refractivity contribution in [2.75, 3.05) is 0 Å². The highest BCUT2D eigenvalue weighted by Gasteiger charge is 2.16. The summed E-state index contributed by atoms with van der Waals surface area (Å²) < 4.78 is 0. The summed E-state index contributed by atoms with van der Waals surface area (Å²) in [5.74, 6) is 0.00630. The van der Waals surface area contributed by atoms with Gasteiger partial charge in [-0.3, -0.25) is 4.79 Å². The van der Waals surface area contributed by atoms with Gasteiger partial charge < -0.3 is 0 Å². The number of thiophene rings is 1. The van der Waals surface area contributed by atoms with Crippen molar-refractivity contribution in [3.05, 3.63) is 56.2 Å². The van der Waals surface area contributed by atoms with E-state index in [9.17, 15) is 4.79 Å². The molecule has 0 amide bonds. The summed E-state index contributed by atoms with van der Waals surface area (Å²) >= 11 is 7.49. The van der Waals surface area contributed by atoms with E-state index in [1.807, 2.05) is 43.5 Å². The Balaban J connectivity index is 2.43. The molecule has 1 nitrogen and oxygen atoms in total. The minimum Gasteiger partial charge on any atom is -0.288 e. The quantitative estimate of drug-likeness (QED) is 0.729. The predicted molar refractivity (Wildman–Crippen MR) is 68.7 cm³/mol. The van der Waals surface area contributed by atoms with Crippen LogP contribution in [-0.4, -0.2) is 5.78 Å². The van der Waals surface area contributed by atoms with Crippen LogP contribution < -0.4 is 0 Å². The Morgan fingerprint density at radius 2 is 2.06 bits per heavy atom. The topological polar surface area (TPSA) is 17.1 Å². The van der Waals surface area contributed by atoms with Crippen LogP contribution in [0.25, 0.3) is 0 Å². The second-order valence-corrected chi connectivity index (χ2v) is 5.02. The van der Waals surface area contributed by atoms with Crippen molar-refractivity contribution in [2.45, 2.75) is 13.8 Å². The van der Waals surface area contributed by atoms with Gasteiger partial charge in [0.15, 0.2) is 0 Å². The normalized spacial score (nSPS) is 10.4. The number of carbonyl (C=O) groups excluding carboxylic acids is 1. The van der Waals surface area contributed by atoms with Crippen LogP contribution in [-0.2, 0) is 0 Å². The van der Waals surface area contributed by atoms with Gasteiger partial charge in [-0.25, -0.2) is 0 Å². The van der Waals surface area contributed by atoms with Gasteiger partial charge in [-0.1, -0.05) is 35.4 Å². The first-order valence-electron chi connectivity index (χ1n) is 4.94. The summed E-state index contributed by atoms with van der Waals surface area (Å²) in [4.78, 5) is 12.8. The lowest BCUT2D eigenvalue weighted by atomic mass is 10.1. The Hall–Kier alpha value is -1.12. The lowest BCUT2D eigenvalue weighted by Crippen LogP contribution is -1.99. The van der Waals surface area contributed by atoms with E-state index in [4.69, 9.17) is 11.6 Å². The van der Waals surface area contributed by atoms with Crippen molar-refractivity contribution in [1.82, 2.24) is 0 Å². The zero-order chi connectivity index (χ0) is 11.7. The summed E-state index contributed by atoms with van der Waals surface area (Å²) in [6.45, 7) is 3.88. The summed E-state index contributed by atoms with van der Waals surface area (Å²) in [5, 5.41) is 2.49. The molecule has 2 rings (SSSR count). The average Bonchev–Trinajstić information content (AvgIpc) is 2.59. The maximum Gasteiger partial charge on any atom is 0.204 e. The van der Waals surface area contributed by atoms with E-state index in [1.54, 1.807) is 0 Å². The van der Waals surface area contributed by atoms with Crippen LogP contribution in [0.4, 0.5) is 0 Å². The number of halogens is 1. The van der Waals surface area contributed by atoms with Crippen molar-refractivity contribution >= 4 is 28.7 Å². The molecule has 0 unspecified atom stereocenters. The molecule has 2 aromatic rings.